The maximum atomic E-state index is 10.8. The second-order valence-corrected chi connectivity index (χ2v) is 10.9. The van der Waals surface area contributed by atoms with Gasteiger partial charge in [-0.15, -0.1) is 0 Å². The summed E-state index contributed by atoms with van der Waals surface area (Å²) in [6.45, 7) is -2.42. The smallest absolute Gasteiger partial charge is 0.187 e. The van der Waals surface area contributed by atoms with E-state index in [4.69, 9.17) is 45.8 Å². The van der Waals surface area contributed by atoms with Gasteiger partial charge in [-0.05, 0) is 17.7 Å². The highest BCUT2D eigenvalue weighted by molar-refractivity contribution is 6.33. The molecule has 17 nitrogen and oxygen atoms in total. The van der Waals surface area contributed by atoms with Gasteiger partial charge in [-0.3, -0.25) is 0 Å². The highest BCUT2D eigenvalue weighted by Crippen LogP contribution is 2.33. The third-order valence-corrected chi connectivity index (χ3v) is 7.89. The Balaban J connectivity index is 1.40. The quantitative estimate of drug-likeness (QED) is 0.106. The molecule has 0 radical (unpaired) electrons. The molecule has 18 heteroatoms. The Kier molecular flexibility index (Phi) is 11.9. The molecule has 12 N–H and O–H groups in total. The number of hydrogen-bond donors (Lipinski definition) is 11. The molecule has 3 saturated heterocycles. The number of aliphatic hydroxyl groups is 10. The number of anilines is 1. The van der Waals surface area contributed by atoms with Crippen molar-refractivity contribution in [2.24, 2.45) is 0 Å². The Morgan fingerprint density at radius 3 is 1.60 bits per heavy atom. The molecular formula is C25H38ClNO16. The Bertz CT molecular complexity index is 1040. The van der Waals surface area contributed by atoms with Crippen molar-refractivity contribution in [3.8, 4) is 0 Å². The largest absolute Gasteiger partial charge is 0.398 e. The molecule has 3 heterocycles. The number of nitrogens with two attached hydrogens (primary N) is 1. The van der Waals surface area contributed by atoms with Crippen LogP contribution in [0.25, 0.3) is 0 Å². The van der Waals surface area contributed by atoms with Crippen LogP contribution in [0, 0.1) is 0 Å². The van der Waals surface area contributed by atoms with Gasteiger partial charge >= 0.3 is 0 Å². The molecule has 0 amide bonds. The van der Waals surface area contributed by atoms with Crippen molar-refractivity contribution in [3.05, 3.63) is 28.8 Å². The maximum absolute atomic E-state index is 10.8. The van der Waals surface area contributed by atoms with Crippen molar-refractivity contribution in [1.29, 1.82) is 0 Å². The lowest BCUT2D eigenvalue weighted by Crippen LogP contribution is -2.66. The molecule has 0 aromatic heterocycles. The average molecular weight is 644 g/mol. The zero-order valence-electron chi connectivity index (χ0n) is 22.6. The van der Waals surface area contributed by atoms with E-state index in [0.29, 0.717) is 16.3 Å². The van der Waals surface area contributed by atoms with E-state index in [2.05, 4.69) is 0 Å². The fourth-order valence-corrected chi connectivity index (χ4v) is 5.16. The molecule has 0 bridgehead atoms. The summed E-state index contributed by atoms with van der Waals surface area (Å²) in [5.74, 6) is 0. The molecule has 4 rings (SSSR count). The molecule has 3 aliphatic rings. The van der Waals surface area contributed by atoms with Crippen LogP contribution in [0.15, 0.2) is 18.2 Å². The van der Waals surface area contributed by atoms with Crippen LogP contribution >= 0.6 is 11.6 Å². The Morgan fingerprint density at radius 1 is 0.628 bits per heavy atom. The first-order valence-corrected chi connectivity index (χ1v) is 13.8. The minimum atomic E-state index is -1.93. The standard InChI is InChI=1S/C25H38ClNO16/c26-9-2-1-8(3-10(9)27)7-38-23-19(36)16(33)21(12(5-29)40-23)43-25-20(37)17(34)22(13(6-30)41-25)42-24-18(35)15(32)14(31)11(4-28)39-24/h1-3,11-25,28-37H,4-7,27H2/t11-,12-,13-,14-,15+,16-,17-,18-,19-,20-,21-,22-,23-,24+,25+/m1/s1. The number of hydrogen-bond acceptors (Lipinski definition) is 17. The lowest BCUT2D eigenvalue weighted by atomic mass is 9.96. The highest BCUT2D eigenvalue weighted by Gasteiger charge is 2.53. The van der Waals surface area contributed by atoms with Gasteiger partial charge in [-0.25, -0.2) is 0 Å². The minimum Gasteiger partial charge on any atom is -0.398 e. The van der Waals surface area contributed by atoms with Crippen molar-refractivity contribution in [2.45, 2.75) is 98.7 Å². The number of ether oxygens (including phenoxy) is 6. The minimum absolute atomic E-state index is 0.107. The summed E-state index contributed by atoms with van der Waals surface area (Å²) >= 11 is 5.91. The summed E-state index contributed by atoms with van der Waals surface area (Å²) in [4.78, 5) is 0. The first-order valence-electron chi connectivity index (χ1n) is 13.4. The van der Waals surface area contributed by atoms with Gasteiger partial charge in [0.25, 0.3) is 0 Å². The summed E-state index contributed by atoms with van der Waals surface area (Å²) in [6.07, 6.45) is -24.7. The van der Waals surface area contributed by atoms with Gasteiger partial charge in [0, 0.05) is 0 Å². The first-order chi connectivity index (χ1) is 20.4. The van der Waals surface area contributed by atoms with Crippen LogP contribution in [-0.2, 0) is 35.0 Å². The molecule has 3 fully saturated rings. The van der Waals surface area contributed by atoms with Crippen molar-refractivity contribution in [1.82, 2.24) is 0 Å². The molecule has 0 unspecified atom stereocenters. The number of nitrogen functional groups attached to an aromatic ring is 1. The molecular weight excluding hydrogens is 606 g/mol. The van der Waals surface area contributed by atoms with Crippen LogP contribution < -0.4 is 5.73 Å². The van der Waals surface area contributed by atoms with E-state index >= 15 is 0 Å². The van der Waals surface area contributed by atoms with Crippen LogP contribution in [0.5, 0.6) is 0 Å². The van der Waals surface area contributed by atoms with Gasteiger partial charge in [0.2, 0.25) is 0 Å². The Labute approximate surface area is 250 Å². The predicted molar refractivity (Wildman–Crippen MR) is 140 cm³/mol. The van der Waals surface area contributed by atoms with Gasteiger partial charge < -0.3 is 85.2 Å². The lowest BCUT2D eigenvalue weighted by Gasteiger charge is -2.48. The van der Waals surface area contributed by atoms with Gasteiger partial charge in [0.15, 0.2) is 18.9 Å². The van der Waals surface area contributed by atoms with Gasteiger partial charge in [-0.2, -0.15) is 0 Å². The molecule has 43 heavy (non-hydrogen) atoms. The zero-order valence-corrected chi connectivity index (χ0v) is 23.4. The Morgan fingerprint density at radius 2 is 1.09 bits per heavy atom. The monoisotopic (exact) mass is 643 g/mol. The lowest BCUT2D eigenvalue weighted by molar-refractivity contribution is -0.379. The van der Waals surface area contributed by atoms with Crippen LogP contribution in [0.3, 0.4) is 0 Å². The maximum Gasteiger partial charge on any atom is 0.187 e. The molecule has 0 saturated carbocycles. The number of benzene rings is 1. The van der Waals surface area contributed by atoms with E-state index in [1.54, 1.807) is 18.2 Å². The first kappa shape index (κ1) is 34.5. The van der Waals surface area contributed by atoms with Crippen LogP contribution in [0.2, 0.25) is 5.02 Å². The molecule has 0 aliphatic carbocycles. The van der Waals surface area contributed by atoms with E-state index in [-0.39, 0.29) is 6.61 Å². The molecule has 1 aromatic carbocycles. The molecule has 3 aliphatic heterocycles. The number of aliphatic hydroxyl groups excluding tert-OH is 10. The molecule has 0 spiro atoms. The van der Waals surface area contributed by atoms with E-state index in [1.165, 1.54) is 0 Å². The summed E-state index contributed by atoms with van der Waals surface area (Å²) in [6, 6.07) is 4.72. The van der Waals surface area contributed by atoms with Crippen LogP contribution in [0.4, 0.5) is 5.69 Å². The highest BCUT2D eigenvalue weighted by atomic mass is 35.5. The second kappa shape index (κ2) is 14.8. The van der Waals surface area contributed by atoms with Crippen molar-refractivity contribution in [2.75, 3.05) is 25.6 Å². The van der Waals surface area contributed by atoms with Crippen molar-refractivity contribution in [3.63, 3.8) is 0 Å². The number of rotatable bonds is 10. The van der Waals surface area contributed by atoms with Crippen LogP contribution in [-0.4, -0.2) is 163 Å². The van der Waals surface area contributed by atoms with E-state index < -0.39 is 112 Å². The van der Waals surface area contributed by atoms with Crippen LogP contribution in [0.1, 0.15) is 5.56 Å². The second-order valence-electron chi connectivity index (χ2n) is 10.5. The molecule has 246 valence electrons. The Hall–Kier alpha value is -1.33. The van der Waals surface area contributed by atoms with E-state index in [9.17, 15) is 51.1 Å². The SMILES string of the molecule is Nc1cc(CO[C@@H]2O[C@H](CO)[C@@H](O[C@@H]3O[C@H](CO)[C@@H](O[C@@H]4O[C@H](CO)[C@@H](O)[C@H](O)[C@H]4O)[C@H](O)[C@H]3O)[C@H](O)[C@H]2O)ccc1Cl. The van der Waals surface area contributed by atoms with Crippen molar-refractivity contribution >= 4 is 17.3 Å². The number of halogens is 1. The molecule has 15 atom stereocenters. The van der Waals surface area contributed by atoms with Gasteiger partial charge in [0.05, 0.1) is 37.1 Å². The third-order valence-electron chi connectivity index (χ3n) is 7.55. The zero-order chi connectivity index (χ0) is 31.6. The summed E-state index contributed by atoms with van der Waals surface area (Å²) in [7, 11) is 0. The predicted octanol–water partition coefficient (Wildman–Crippen LogP) is -5.11. The summed E-state index contributed by atoms with van der Waals surface area (Å²) in [5, 5.41) is 103. The summed E-state index contributed by atoms with van der Waals surface area (Å²) < 4.78 is 33.1. The normalized spacial score (nSPS) is 43.9. The van der Waals surface area contributed by atoms with E-state index in [1.807, 2.05) is 0 Å². The fraction of sp³-hybridized carbons (Fsp3) is 0.760. The summed E-state index contributed by atoms with van der Waals surface area (Å²) in [5.41, 5.74) is 6.65. The van der Waals surface area contributed by atoms with E-state index in [0.717, 1.165) is 0 Å². The van der Waals surface area contributed by atoms with Gasteiger partial charge in [0.1, 0.15) is 73.2 Å². The third kappa shape index (κ3) is 7.40. The fourth-order valence-electron chi connectivity index (χ4n) is 5.04. The average Bonchev–Trinajstić information content (AvgIpc) is 3.00. The van der Waals surface area contributed by atoms with Gasteiger partial charge in [-0.1, -0.05) is 17.7 Å². The molecule has 1 aromatic rings. The van der Waals surface area contributed by atoms with Crippen molar-refractivity contribution < 1.29 is 79.5 Å². The topological polar surface area (TPSA) is 284 Å².